The van der Waals surface area contributed by atoms with Crippen LogP contribution in [0, 0.1) is 0 Å². The Morgan fingerprint density at radius 1 is 0.833 bits per heavy atom. The number of aromatic nitrogens is 2. The molecule has 1 aliphatic heterocycles. The van der Waals surface area contributed by atoms with Crippen LogP contribution in [-0.2, 0) is 0 Å². The summed E-state index contributed by atoms with van der Waals surface area (Å²) in [7, 11) is 0. The molecule has 1 aromatic heterocycles. The molecule has 6 heteroatoms. The standard InChI is InChI=1S/C24H19N3O3/c28-22(25-20-14-15-29-21-9-5-4-8-19(20)21)16-10-12-18(13-11-16)24-27-26-23(30-24)17-6-2-1-3-7-17/h1-13,20H,14-15H2,(H,25,28)/t20-/m1/s1. The molecule has 148 valence electrons. The molecule has 2 heterocycles. The van der Waals surface area contributed by atoms with Gasteiger partial charge in [-0.15, -0.1) is 10.2 Å². The Balaban J connectivity index is 1.31. The van der Waals surface area contributed by atoms with Gasteiger partial charge in [0.05, 0.1) is 12.6 Å². The zero-order valence-corrected chi connectivity index (χ0v) is 16.1. The zero-order valence-electron chi connectivity index (χ0n) is 16.1. The van der Waals surface area contributed by atoms with Gasteiger partial charge in [0.25, 0.3) is 5.91 Å². The van der Waals surface area contributed by atoms with Crippen molar-refractivity contribution in [3.8, 4) is 28.7 Å². The molecule has 1 aliphatic rings. The van der Waals surface area contributed by atoms with E-state index < -0.39 is 0 Å². The zero-order chi connectivity index (χ0) is 20.3. The predicted molar refractivity (Wildman–Crippen MR) is 112 cm³/mol. The molecule has 3 aromatic carbocycles. The number of carbonyl (C=O) groups excluding carboxylic acids is 1. The van der Waals surface area contributed by atoms with Crippen molar-refractivity contribution in [1.29, 1.82) is 0 Å². The van der Waals surface area contributed by atoms with E-state index in [0.717, 1.165) is 28.9 Å². The second kappa shape index (κ2) is 7.83. The number of para-hydroxylation sites is 1. The minimum absolute atomic E-state index is 0.0634. The van der Waals surface area contributed by atoms with Gasteiger partial charge >= 0.3 is 0 Å². The van der Waals surface area contributed by atoms with Crippen LogP contribution in [0.2, 0.25) is 0 Å². The maximum absolute atomic E-state index is 12.8. The van der Waals surface area contributed by atoms with Crippen LogP contribution in [0.3, 0.4) is 0 Å². The number of benzene rings is 3. The molecule has 1 N–H and O–H groups in total. The molecule has 4 aromatic rings. The second-order valence-corrected chi connectivity index (χ2v) is 7.06. The quantitative estimate of drug-likeness (QED) is 0.542. The fourth-order valence-electron chi connectivity index (χ4n) is 3.54. The van der Waals surface area contributed by atoms with Crippen LogP contribution in [0.5, 0.6) is 5.75 Å². The number of fused-ring (bicyclic) bond motifs is 1. The Hall–Kier alpha value is -3.93. The fourth-order valence-corrected chi connectivity index (χ4v) is 3.54. The van der Waals surface area contributed by atoms with Crippen LogP contribution < -0.4 is 10.1 Å². The monoisotopic (exact) mass is 397 g/mol. The third-order valence-corrected chi connectivity index (χ3v) is 5.10. The van der Waals surface area contributed by atoms with E-state index in [4.69, 9.17) is 9.15 Å². The molecule has 0 saturated heterocycles. The summed E-state index contributed by atoms with van der Waals surface area (Å²) in [6.07, 6.45) is 0.741. The minimum atomic E-state index is -0.126. The number of hydrogen-bond acceptors (Lipinski definition) is 5. The predicted octanol–water partition coefficient (Wildman–Crippen LogP) is 4.66. The molecule has 0 bridgehead atoms. The average Bonchev–Trinajstić information content (AvgIpc) is 3.30. The van der Waals surface area contributed by atoms with Gasteiger partial charge in [-0.2, -0.15) is 0 Å². The third-order valence-electron chi connectivity index (χ3n) is 5.10. The highest BCUT2D eigenvalue weighted by molar-refractivity contribution is 5.94. The molecule has 30 heavy (non-hydrogen) atoms. The van der Waals surface area contributed by atoms with E-state index in [0.29, 0.717) is 24.0 Å². The molecule has 0 radical (unpaired) electrons. The summed E-state index contributed by atoms with van der Waals surface area (Å²) in [4.78, 5) is 12.8. The van der Waals surface area contributed by atoms with Crippen molar-refractivity contribution >= 4 is 5.91 Å². The first-order valence-corrected chi connectivity index (χ1v) is 9.80. The number of rotatable bonds is 4. The van der Waals surface area contributed by atoms with Crippen LogP contribution in [0.25, 0.3) is 22.9 Å². The molecule has 0 fully saturated rings. The first-order valence-electron chi connectivity index (χ1n) is 9.80. The Morgan fingerprint density at radius 2 is 1.50 bits per heavy atom. The first kappa shape index (κ1) is 18.1. The van der Waals surface area contributed by atoms with Gasteiger partial charge in [0, 0.05) is 28.7 Å². The highest BCUT2D eigenvalue weighted by Gasteiger charge is 2.23. The van der Waals surface area contributed by atoms with Gasteiger partial charge in [-0.3, -0.25) is 4.79 Å². The van der Waals surface area contributed by atoms with Crippen molar-refractivity contribution in [3.05, 3.63) is 90.0 Å². The minimum Gasteiger partial charge on any atom is -0.493 e. The summed E-state index contributed by atoms with van der Waals surface area (Å²) in [6.45, 7) is 0.585. The highest BCUT2D eigenvalue weighted by Crippen LogP contribution is 2.32. The lowest BCUT2D eigenvalue weighted by Crippen LogP contribution is -2.32. The van der Waals surface area contributed by atoms with Crippen molar-refractivity contribution in [2.45, 2.75) is 12.5 Å². The van der Waals surface area contributed by atoms with E-state index >= 15 is 0 Å². The summed E-state index contributed by atoms with van der Waals surface area (Å²) >= 11 is 0. The van der Waals surface area contributed by atoms with Crippen LogP contribution in [0.1, 0.15) is 28.4 Å². The molecule has 0 spiro atoms. The van der Waals surface area contributed by atoms with Crippen LogP contribution >= 0.6 is 0 Å². The summed E-state index contributed by atoms with van der Waals surface area (Å²) < 4.78 is 11.4. The van der Waals surface area contributed by atoms with E-state index in [2.05, 4.69) is 15.5 Å². The van der Waals surface area contributed by atoms with Gasteiger partial charge in [0.2, 0.25) is 11.8 Å². The number of ether oxygens (including phenoxy) is 1. The summed E-state index contributed by atoms with van der Waals surface area (Å²) in [5, 5.41) is 11.3. The van der Waals surface area contributed by atoms with Crippen LogP contribution in [0.15, 0.2) is 83.3 Å². The molecule has 0 saturated carbocycles. The van der Waals surface area contributed by atoms with Crippen LogP contribution in [0.4, 0.5) is 0 Å². The second-order valence-electron chi connectivity index (χ2n) is 7.06. The van der Waals surface area contributed by atoms with E-state index in [9.17, 15) is 4.79 Å². The maximum Gasteiger partial charge on any atom is 0.251 e. The Kier molecular flexibility index (Phi) is 4.73. The van der Waals surface area contributed by atoms with E-state index in [1.54, 1.807) is 12.1 Å². The Morgan fingerprint density at radius 3 is 2.27 bits per heavy atom. The van der Waals surface area contributed by atoms with Gasteiger partial charge in [0.1, 0.15) is 5.75 Å². The largest absolute Gasteiger partial charge is 0.493 e. The lowest BCUT2D eigenvalue weighted by atomic mass is 10.00. The van der Waals surface area contributed by atoms with Gasteiger partial charge in [-0.25, -0.2) is 0 Å². The number of hydrogen-bond donors (Lipinski definition) is 1. The summed E-state index contributed by atoms with van der Waals surface area (Å²) in [5.41, 5.74) is 3.21. The van der Waals surface area contributed by atoms with E-state index in [1.165, 1.54) is 0 Å². The summed E-state index contributed by atoms with van der Waals surface area (Å²) in [6, 6.07) is 24.5. The normalized spacial score (nSPS) is 15.1. The topological polar surface area (TPSA) is 77.2 Å². The molecule has 6 nitrogen and oxygen atoms in total. The van der Waals surface area contributed by atoms with Crippen molar-refractivity contribution in [3.63, 3.8) is 0 Å². The smallest absolute Gasteiger partial charge is 0.251 e. The molecule has 0 aliphatic carbocycles. The number of amides is 1. The molecular formula is C24H19N3O3. The maximum atomic E-state index is 12.8. The van der Waals surface area contributed by atoms with Gasteiger partial charge in [-0.05, 0) is 42.5 Å². The molecule has 1 atom stereocenters. The average molecular weight is 397 g/mol. The van der Waals surface area contributed by atoms with Gasteiger partial charge < -0.3 is 14.5 Å². The van der Waals surface area contributed by atoms with Crippen molar-refractivity contribution in [2.24, 2.45) is 0 Å². The lowest BCUT2D eigenvalue weighted by Gasteiger charge is -2.26. The molecule has 1 amide bonds. The molecular weight excluding hydrogens is 378 g/mol. The van der Waals surface area contributed by atoms with Crippen molar-refractivity contribution in [2.75, 3.05) is 6.61 Å². The lowest BCUT2D eigenvalue weighted by molar-refractivity contribution is 0.0925. The van der Waals surface area contributed by atoms with Crippen molar-refractivity contribution < 1.29 is 13.9 Å². The van der Waals surface area contributed by atoms with E-state index in [-0.39, 0.29) is 11.9 Å². The van der Waals surface area contributed by atoms with E-state index in [1.807, 2.05) is 66.7 Å². The highest BCUT2D eigenvalue weighted by atomic mass is 16.5. The number of nitrogens with zero attached hydrogens (tertiary/aromatic N) is 2. The van der Waals surface area contributed by atoms with Crippen molar-refractivity contribution in [1.82, 2.24) is 15.5 Å². The summed E-state index contributed by atoms with van der Waals surface area (Å²) in [5.74, 6) is 1.58. The van der Waals surface area contributed by atoms with Gasteiger partial charge in [0.15, 0.2) is 0 Å². The number of nitrogens with one attached hydrogen (secondary N) is 1. The Labute approximate surface area is 173 Å². The van der Waals surface area contributed by atoms with Crippen LogP contribution in [-0.4, -0.2) is 22.7 Å². The fraction of sp³-hybridized carbons (Fsp3) is 0.125. The molecule has 0 unspecified atom stereocenters. The Bertz CT molecular complexity index is 1170. The third kappa shape index (κ3) is 3.55. The molecule has 5 rings (SSSR count). The first-order chi connectivity index (χ1) is 14.8. The SMILES string of the molecule is O=C(N[C@@H]1CCOc2ccccc21)c1ccc(-c2nnc(-c3ccccc3)o2)cc1. The number of carbonyl (C=O) groups is 1. The van der Waals surface area contributed by atoms with Gasteiger partial charge in [-0.1, -0.05) is 36.4 Å².